The number of rotatable bonds is 4. The molecule has 0 radical (unpaired) electrons. The number of nitrogens with zero attached hydrogens (tertiary/aromatic N) is 3. The van der Waals surface area contributed by atoms with Crippen LogP contribution in [0.25, 0.3) is 11.0 Å². The molecule has 1 aliphatic heterocycles. The molecule has 1 unspecified atom stereocenters. The Bertz CT molecular complexity index is 709. The first-order valence-corrected chi connectivity index (χ1v) is 8.33. The molecule has 1 atom stereocenters. The predicted molar refractivity (Wildman–Crippen MR) is 94.6 cm³/mol. The number of aliphatic hydroxyl groups excluding tert-OH is 1. The lowest BCUT2D eigenvalue weighted by molar-refractivity contribution is 0.108. The summed E-state index contributed by atoms with van der Waals surface area (Å²) in [6, 6.07) is 7.95. The number of aliphatic hydroxyl groups is 1. The highest BCUT2D eigenvalue weighted by Crippen LogP contribution is 2.35. The van der Waals surface area contributed by atoms with Crippen LogP contribution in [-0.2, 0) is 0 Å². The summed E-state index contributed by atoms with van der Waals surface area (Å²) in [5.74, 6) is 0.915. The molecule has 0 aliphatic carbocycles. The van der Waals surface area contributed by atoms with Crippen LogP contribution in [0.4, 0.5) is 5.82 Å². The average Bonchev–Trinajstić information content (AvgIpc) is 2.60. The Kier molecular flexibility index (Phi) is 4.62. The minimum atomic E-state index is -0.0666. The van der Waals surface area contributed by atoms with E-state index in [0.29, 0.717) is 0 Å². The Balaban J connectivity index is 1.85. The molecule has 0 bridgehead atoms. The number of para-hydroxylation sites is 2. The molecule has 0 saturated carbocycles. The fraction of sp³-hybridized carbons (Fsp3) is 0.474. The molecule has 23 heavy (non-hydrogen) atoms. The van der Waals surface area contributed by atoms with Gasteiger partial charge in [-0.15, -0.1) is 0 Å². The number of benzene rings is 1. The predicted octanol–water partition coefficient (Wildman–Crippen LogP) is 3.57. The molecular formula is C19H25N3O. The fourth-order valence-electron chi connectivity index (χ4n) is 3.28. The van der Waals surface area contributed by atoms with Crippen molar-refractivity contribution in [2.24, 2.45) is 5.41 Å². The lowest BCUT2D eigenvalue weighted by atomic mass is 9.77. The molecule has 2 aromatic rings. The number of piperidine rings is 1. The number of allylic oxidation sites excluding steroid dienone is 2. The van der Waals surface area contributed by atoms with Crippen LogP contribution < -0.4 is 4.90 Å². The quantitative estimate of drug-likeness (QED) is 0.877. The number of hydrogen-bond acceptors (Lipinski definition) is 4. The molecular weight excluding hydrogens is 286 g/mol. The van der Waals surface area contributed by atoms with E-state index in [1.54, 1.807) is 0 Å². The summed E-state index contributed by atoms with van der Waals surface area (Å²) >= 11 is 0. The highest BCUT2D eigenvalue weighted by Gasteiger charge is 2.34. The number of hydrogen-bond donors (Lipinski definition) is 1. The van der Waals surface area contributed by atoms with Crippen LogP contribution in [0.2, 0.25) is 0 Å². The maximum absolute atomic E-state index is 10.00. The van der Waals surface area contributed by atoms with E-state index in [4.69, 9.17) is 4.98 Å². The zero-order valence-corrected chi connectivity index (χ0v) is 14.0. The summed E-state index contributed by atoms with van der Waals surface area (Å²) in [7, 11) is 0. The van der Waals surface area contributed by atoms with Gasteiger partial charge < -0.3 is 10.0 Å². The first kappa shape index (κ1) is 15.9. The second-order valence-electron chi connectivity index (χ2n) is 6.89. The monoisotopic (exact) mass is 311 g/mol. The average molecular weight is 311 g/mol. The maximum Gasteiger partial charge on any atom is 0.147 e. The van der Waals surface area contributed by atoms with Gasteiger partial charge in [-0.2, -0.15) is 0 Å². The van der Waals surface area contributed by atoms with Crippen molar-refractivity contribution in [3.8, 4) is 0 Å². The van der Waals surface area contributed by atoms with Crippen molar-refractivity contribution in [1.82, 2.24) is 9.97 Å². The van der Waals surface area contributed by atoms with Crippen LogP contribution in [0.15, 0.2) is 42.1 Å². The third kappa shape index (κ3) is 3.53. The van der Waals surface area contributed by atoms with Gasteiger partial charge in [0.15, 0.2) is 0 Å². The van der Waals surface area contributed by atoms with E-state index < -0.39 is 0 Å². The van der Waals surface area contributed by atoms with Crippen LogP contribution in [0.1, 0.15) is 33.1 Å². The summed E-state index contributed by atoms with van der Waals surface area (Å²) in [5.41, 5.74) is 3.09. The lowest BCUT2D eigenvalue weighted by Gasteiger charge is -2.42. The summed E-state index contributed by atoms with van der Waals surface area (Å²) in [5, 5.41) is 10.00. The smallest absolute Gasteiger partial charge is 0.147 e. The van der Waals surface area contributed by atoms with Gasteiger partial charge in [0.1, 0.15) is 5.82 Å². The van der Waals surface area contributed by atoms with E-state index in [1.165, 1.54) is 5.57 Å². The first-order valence-electron chi connectivity index (χ1n) is 8.33. The van der Waals surface area contributed by atoms with E-state index >= 15 is 0 Å². The molecule has 1 aromatic heterocycles. The van der Waals surface area contributed by atoms with Crippen molar-refractivity contribution < 1.29 is 5.11 Å². The molecule has 1 fully saturated rings. The van der Waals surface area contributed by atoms with E-state index in [-0.39, 0.29) is 12.0 Å². The Morgan fingerprint density at radius 2 is 2.09 bits per heavy atom. The topological polar surface area (TPSA) is 49.2 Å². The Labute approximate surface area is 137 Å². The molecule has 1 aromatic carbocycles. The van der Waals surface area contributed by atoms with E-state index in [0.717, 1.165) is 49.2 Å². The lowest BCUT2D eigenvalue weighted by Crippen LogP contribution is -2.45. The summed E-state index contributed by atoms with van der Waals surface area (Å²) < 4.78 is 0. The normalized spacial score (nSPS) is 21.4. The SMILES string of the molecule is CC(C)=CCC1(CO)CCCN(c2cnc3ccccc3n2)C1. The minimum absolute atomic E-state index is 0.0666. The standard InChI is InChI=1S/C19H25N3O/c1-15(2)8-10-19(14-23)9-5-11-22(13-19)18-12-20-16-6-3-4-7-17(16)21-18/h3-4,6-8,12,23H,5,9-11,13-14H2,1-2H3. The zero-order valence-electron chi connectivity index (χ0n) is 14.0. The zero-order chi connectivity index (χ0) is 16.3. The molecule has 1 aliphatic rings. The number of anilines is 1. The van der Waals surface area contributed by atoms with Gasteiger partial charge in [-0.25, -0.2) is 4.98 Å². The third-order valence-electron chi connectivity index (χ3n) is 4.70. The van der Waals surface area contributed by atoms with Crippen LogP contribution in [0.5, 0.6) is 0 Å². The van der Waals surface area contributed by atoms with Gasteiger partial charge >= 0.3 is 0 Å². The fourth-order valence-corrected chi connectivity index (χ4v) is 3.28. The molecule has 122 valence electrons. The molecule has 2 heterocycles. The summed E-state index contributed by atoms with van der Waals surface area (Å²) in [6.07, 6.45) is 7.16. The molecule has 4 nitrogen and oxygen atoms in total. The van der Waals surface area contributed by atoms with Crippen molar-refractivity contribution in [3.63, 3.8) is 0 Å². The van der Waals surface area contributed by atoms with Gasteiger partial charge in [0.2, 0.25) is 0 Å². The molecule has 1 saturated heterocycles. The van der Waals surface area contributed by atoms with Crippen LogP contribution in [0, 0.1) is 5.41 Å². The molecule has 0 spiro atoms. The number of fused-ring (bicyclic) bond motifs is 1. The molecule has 3 rings (SSSR count). The Morgan fingerprint density at radius 1 is 1.30 bits per heavy atom. The van der Waals surface area contributed by atoms with Crippen molar-refractivity contribution in [3.05, 3.63) is 42.1 Å². The minimum Gasteiger partial charge on any atom is -0.396 e. The second kappa shape index (κ2) is 6.67. The van der Waals surface area contributed by atoms with Crippen LogP contribution in [0.3, 0.4) is 0 Å². The van der Waals surface area contributed by atoms with E-state index in [1.807, 2.05) is 30.5 Å². The van der Waals surface area contributed by atoms with Gasteiger partial charge in [0, 0.05) is 18.5 Å². The summed E-state index contributed by atoms with van der Waals surface area (Å²) in [4.78, 5) is 11.6. The molecule has 4 heteroatoms. The van der Waals surface area contributed by atoms with Gasteiger partial charge in [0.05, 0.1) is 23.8 Å². The molecule has 0 amide bonds. The van der Waals surface area contributed by atoms with Crippen molar-refractivity contribution >= 4 is 16.9 Å². The largest absolute Gasteiger partial charge is 0.396 e. The van der Waals surface area contributed by atoms with Crippen LogP contribution >= 0.6 is 0 Å². The van der Waals surface area contributed by atoms with Gasteiger partial charge in [-0.05, 0) is 45.2 Å². The highest BCUT2D eigenvalue weighted by molar-refractivity contribution is 5.75. The van der Waals surface area contributed by atoms with E-state index in [2.05, 4.69) is 29.8 Å². The van der Waals surface area contributed by atoms with Gasteiger partial charge in [0.25, 0.3) is 0 Å². The van der Waals surface area contributed by atoms with Crippen LogP contribution in [-0.4, -0.2) is 34.8 Å². The Hall–Kier alpha value is -1.94. The third-order valence-corrected chi connectivity index (χ3v) is 4.70. The van der Waals surface area contributed by atoms with Crippen molar-refractivity contribution in [2.45, 2.75) is 33.1 Å². The highest BCUT2D eigenvalue weighted by atomic mass is 16.3. The number of aromatic nitrogens is 2. The first-order chi connectivity index (χ1) is 11.1. The van der Waals surface area contributed by atoms with E-state index in [9.17, 15) is 5.11 Å². The maximum atomic E-state index is 10.00. The van der Waals surface area contributed by atoms with Gasteiger partial charge in [-0.1, -0.05) is 23.8 Å². The molecule has 1 N–H and O–H groups in total. The second-order valence-corrected chi connectivity index (χ2v) is 6.89. The summed E-state index contributed by atoms with van der Waals surface area (Å²) in [6.45, 7) is 6.25. The van der Waals surface area contributed by atoms with Gasteiger partial charge in [-0.3, -0.25) is 4.98 Å². The van der Waals surface area contributed by atoms with Crippen molar-refractivity contribution in [2.75, 3.05) is 24.6 Å². The van der Waals surface area contributed by atoms with Crippen molar-refractivity contribution in [1.29, 1.82) is 0 Å². The Morgan fingerprint density at radius 3 is 2.83 bits per heavy atom.